The minimum Gasteiger partial charge on any atom is -0.495 e. The van der Waals surface area contributed by atoms with Crippen molar-refractivity contribution < 1.29 is 4.74 Å². The molecule has 0 bridgehead atoms. The van der Waals surface area contributed by atoms with E-state index in [-0.39, 0.29) is 12.1 Å². The Morgan fingerprint density at radius 3 is 2.61 bits per heavy atom. The van der Waals surface area contributed by atoms with E-state index in [9.17, 15) is 0 Å². The topological polar surface area (TPSA) is 42.3 Å². The molecule has 144 valence electrons. The van der Waals surface area contributed by atoms with Gasteiger partial charge < -0.3 is 19.5 Å². The second-order valence-electron chi connectivity index (χ2n) is 6.77. The maximum atomic E-state index is 6.41. The van der Waals surface area contributed by atoms with Crippen LogP contribution in [0, 0.1) is 6.92 Å². The molecule has 1 aliphatic heterocycles. The molecule has 3 aromatic rings. The molecule has 7 heteroatoms. The minimum absolute atomic E-state index is 0.0643. The van der Waals surface area contributed by atoms with Gasteiger partial charge in [0.25, 0.3) is 0 Å². The monoisotopic (exact) mass is 412 g/mol. The van der Waals surface area contributed by atoms with Crippen LogP contribution in [0.4, 0.5) is 5.69 Å². The first-order valence-electron chi connectivity index (χ1n) is 8.97. The third-order valence-electron chi connectivity index (χ3n) is 5.23. The van der Waals surface area contributed by atoms with Gasteiger partial charge in [-0.05, 0) is 61.6 Å². The van der Waals surface area contributed by atoms with E-state index in [0.29, 0.717) is 15.9 Å². The Bertz CT molecular complexity index is 1020. The lowest BCUT2D eigenvalue weighted by Crippen LogP contribution is -2.30. The van der Waals surface area contributed by atoms with E-state index in [1.807, 2.05) is 36.4 Å². The summed E-state index contributed by atoms with van der Waals surface area (Å²) >= 11 is 12.1. The van der Waals surface area contributed by atoms with Crippen molar-refractivity contribution in [2.45, 2.75) is 19.0 Å². The summed E-state index contributed by atoms with van der Waals surface area (Å²) < 4.78 is 7.49. The summed E-state index contributed by atoms with van der Waals surface area (Å²) in [7, 11) is 3.68. The number of nitrogens with zero attached hydrogens (tertiary/aromatic N) is 3. The second kappa shape index (κ2) is 7.45. The maximum absolute atomic E-state index is 6.41. The number of halogens is 1. The van der Waals surface area contributed by atoms with Gasteiger partial charge in [0.05, 0.1) is 23.9 Å². The summed E-state index contributed by atoms with van der Waals surface area (Å²) in [6.07, 6.45) is 1.81. The van der Waals surface area contributed by atoms with E-state index in [4.69, 9.17) is 28.6 Å². The van der Waals surface area contributed by atoms with Crippen molar-refractivity contribution in [2.75, 3.05) is 12.0 Å². The molecule has 1 N–H and O–H groups in total. The highest BCUT2D eigenvalue weighted by molar-refractivity contribution is 7.80. The van der Waals surface area contributed by atoms with Crippen LogP contribution in [0.15, 0.2) is 54.7 Å². The van der Waals surface area contributed by atoms with Crippen molar-refractivity contribution in [3.8, 4) is 5.75 Å². The van der Waals surface area contributed by atoms with E-state index in [0.717, 1.165) is 17.1 Å². The Labute approximate surface area is 174 Å². The Balaban J connectivity index is 1.85. The number of pyridine rings is 1. The molecule has 1 fully saturated rings. The van der Waals surface area contributed by atoms with Gasteiger partial charge in [0.2, 0.25) is 0 Å². The summed E-state index contributed by atoms with van der Waals surface area (Å²) in [4.78, 5) is 6.68. The molecule has 0 amide bonds. The van der Waals surface area contributed by atoms with E-state index >= 15 is 0 Å². The fourth-order valence-corrected chi connectivity index (χ4v) is 4.27. The highest BCUT2D eigenvalue weighted by atomic mass is 35.5. The smallest absolute Gasteiger partial charge is 0.174 e. The fraction of sp³-hybridized carbons (Fsp3) is 0.238. The van der Waals surface area contributed by atoms with Crippen molar-refractivity contribution in [1.82, 2.24) is 14.9 Å². The van der Waals surface area contributed by atoms with Crippen LogP contribution >= 0.6 is 23.8 Å². The van der Waals surface area contributed by atoms with E-state index in [1.165, 1.54) is 5.69 Å². The number of hydrogen-bond donors (Lipinski definition) is 1. The van der Waals surface area contributed by atoms with Gasteiger partial charge >= 0.3 is 0 Å². The molecule has 5 nitrogen and oxygen atoms in total. The zero-order chi connectivity index (χ0) is 19.8. The molecule has 2 aromatic heterocycles. The predicted molar refractivity (Wildman–Crippen MR) is 116 cm³/mol. The molecule has 0 saturated carbocycles. The molecule has 0 spiro atoms. The number of aromatic nitrogens is 2. The van der Waals surface area contributed by atoms with Crippen molar-refractivity contribution in [3.63, 3.8) is 0 Å². The summed E-state index contributed by atoms with van der Waals surface area (Å²) in [5, 5.41) is 4.65. The summed E-state index contributed by atoms with van der Waals surface area (Å²) in [6, 6.07) is 15.8. The van der Waals surface area contributed by atoms with Crippen LogP contribution in [0.3, 0.4) is 0 Å². The number of benzene rings is 1. The first kappa shape index (κ1) is 18.8. The molecule has 2 atom stereocenters. The van der Waals surface area contributed by atoms with Crippen molar-refractivity contribution in [3.05, 3.63) is 76.8 Å². The van der Waals surface area contributed by atoms with Crippen molar-refractivity contribution in [2.24, 2.45) is 7.05 Å². The molecule has 28 heavy (non-hydrogen) atoms. The van der Waals surface area contributed by atoms with Crippen LogP contribution in [0.2, 0.25) is 5.02 Å². The van der Waals surface area contributed by atoms with Crippen LogP contribution in [0.25, 0.3) is 0 Å². The van der Waals surface area contributed by atoms with Crippen LogP contribution < -0.4 is 15.0 Å². The number of nitrogens with one attached hydrogen (secondary N) is 1. The van der Waals surface area contributed by atoms with Crippen LogP contribution in [0.1, 0.15) is 29.2 Å². The van der Waals surface area contributed by atoms with Gasteiger partial charge in [0.15, 0.2) is 5.11 Å². The van der Waals surface area contributed by atoms with Crippen LogP contribution in [-0.2, 0) is 7.05 Å². The SMILES string of the molecule is COc1ccc(N2C(=S)N[C@H](c3ccccn3)[C@@H]2c2ccc(C)n2C)cc1Cl. The lowest BCUT2D eigenvalue weighted by molar-refractivity contribution is 0.415. The number of methoxy groups -OCH3 is 1. The molecular formula is C21H21ClN4OS. The average Bonchev–Trinajstić information content (AvgIpc) is 3.21. The van der Waals surface area contributed by atoms with E-state index < -0.39 is 0 Å². The highest BCUT2D eigenvalue weighted by Gasteiger charge is 2.42. The fourth-order valence-electron chi connectivity index (χ4n) is 3.67. The van der Waals surface area contributed by atoms with Gasteiger partial charge in [-0.1, -0.05) is 17.7 Å². The number of hydrogen-bond acceptors (Lipinski definition) is 3. The zero-order valence-electron chi connectivity index (χ0n) is 15.9. The number of thiocarbonyl (C=S) groups is 1. The molecular weight excluding hydrogens is 392 g/mol. The van der Waals surface area contributed by atoms with Crippen LogP contribution in [0.5, 0.6) is 5.75 Å². The van der Waals surface area contributed by atoms with Crippen LogP contribution in [-0.4, -0.2) is 21.8 Å². The highest BCUT2D eigenvalue weighted by Crippen LogP contribution is 2.43. The maximum Gasteiger partial charge on any atom is 0.174 e. The number of anilines is 1. The standard InChI is InChI=1S/C21H21ClN4OS/c1-13-7-9-17(25(13)2)20-19(16-6-4-5-11-23-16)24-21(28)26(20)14-8-10-18(27-3)15(22)12-14/h4-12,19-20H,1-3H3,(H,24,28)/t19-,20+/m1/s1. The van der Waals surface area contributed by atoms with Gasteiger partial charge in [-0.3, -0.25) is 4.98 Å². The van der Waals surface area contributed by atoms with Gasteiger partial charge in [-0.15, -0.1) is 0 Å². The lowest BCUT2D eigenvalue weighted by atomic mass is 10.0. The van der Waals surface area contributed by atoms with Gasteiger partial charge in [0.1, 0.15) is 11.8 Å². The number of ether oxygens (including phenoxy) is 1. The minimum atomic E-state index is -0.0809. The summed E-state index contributed by atoms with van der Waals surface area (Å²) in [6.45, 7) is 2.09. The molecule has 0 radical (unpaired) electrons. The Morgan fingerprint density at radius 1 is 1.18 bits per heavy atom. The Hall–Kier alpha value is -2.57. The normalized spacial score (nSPS) is 19.0. The summed E-state index contributed by atoms with van der Waals surface area (Å²) in [5.41, 5.74) is 4.18. The second-order valence-corrected chi connectivity index (χ2v) is 7.57. The third-order valence-corrected chi connectivity index (χ3v) is 5.84. The Morgan fingerprint density at radius 2 is 2.00 bits per heavy atom. The van der Waals surface area contributed by atoms with Crippen molar-refractivity contribution >= 4 is 34.6 Å². The summed E-state index contributed by atoms with van der Waals surface area (Å²) in [5.74, 6) is 0.635. The largest absolute Gasteiger partial charge is 0.495 e. The van der Waals surface area contributed by atoms with E-state index in [2.05, 4.69) is 45.9 Å². The average molecular weight is 413 g/mol. The van der Waals surface area contributed by atoms with Gasteiger partial charge in [-0.25, -0.2) is 0 Å². The first-order valence-corrected chi connectivity index (χ1v) is 9.76. The molecule has 4 rings (SSSR count). The third kappa shape index (κ3) is 3.12. The van der Waals surface area contributed by atoms with E-state index in [1.54, 1.807) is 13.3 Å². The van der Waals surface area contributed by atoms with Gasteiger partial charge in [0, 0.05) is 30.3 Å². The molecule has 1 saturated heterocycles. The zero-order valence-corrected chi connectivity index (χ0v) is 17.5. The first-order chi connectivity index (χ1) is 13.5. The number of rotatable bonds is 4. The molecule has 3 heterocycles. The predicted octanol–water partition coefficient (Wildman–Crippen LogP) is 4.57. The van der Waals surface area contributed by atoms with Crippen molar-refractivity contribution in [1.29, 1.82) is 0 Å². The lowest BCUT2D eigenvalue weighted by Gasteiger charge is -2.28. The number of aryl methyl sites for hydroxylation is 1. The molecule has 1 aromatic carbocycles. The molecule has 0 unspecified atom stereocenters. The quantitative estimate of drug-likeness (QED) is 0.636. The molecule has 0 aliphatic carbocycles. The molecule has 1 aliphatic rings. The Kier molecular flexibility index (Phi) is 5.00. The van der Waals surface area contributed by atoms with Gasteiger partial charge in [-0.2, -0.15) is 0 Å².